The zero-order valence-corrected chi connectivity index (χ0v) is 18.3. The fourth-order valence-corrected chi connectivity index (χ4v) is 4.61. The molecule has 0 aromatic heterocycles. The quantitative estimate of drug-likeness (QED) is 0.562. The lowest BCUT2D eigenvalue weighted by Gasteiger charge is -2.59. The van der Waals surface area contributed by atoms with Crippen LogP contribution >= 0.6 is 11.6 Å². The number of nitrogens with zero attached hydrogens (tertiary/aromatic N) is 1. The minimum Gasteiger partial charge on any atom is -0.484 e. The second-order valence-electron chi connectivity index (χ2n) is 8.88. The molecule has 1 aliphatic heterocycles. The highest BCUT2D eigenvalue weighted by Crippen LogP contribution is 2.48. The molecule has 4 rings (SSSR count). The van der Waals surface area contributed by atoms with Gasteiger partial charge in [-0.25, -0.2) is 4.39 Å². The van der Waals surface area contributed by atoms with Crippen LogP contribution in [0.1, 0.15) is 25.7 Å². The van der Waals surface area contributed by atoms with Gasteiger partial charge in [-0.15, -0.1) is 13.2 Å². The Labute approximate surface area is 192 Å². The molecular formula is C21H23ClF4N2O5. The normalized spacial score (nSPS) is 24.0. The van der Waals surface area contributed by atoms with E-state index in [0.717, 1.165) is 18.9 Å². The first kappa shape index (κ1) is 24.0. The molecule has 33 heavy (non-hydrogen) atoms. The molecule has 2 saturated carbocycles. The molecule has 0 unspecified atom stereocenters. The Kier molecular flexibility index (Phi) is 6.75. The summed E-state index contributed by atoms with van der Waals surface area (Å²) in [4.78, 5) is 25.9. The predicted octanol–water partition coefficient (Wildman–Crippen LogP) is 3.05. The molecule has 2 amide bonds. The fourth-order valence-electron chi connectivity index (χ4n) is 4.49. The van der Waals surface area contributed by atoms with E-state index >= 15 is 0 Å². The van der Waals surface area contributed by atoms with E-state index in [1.54, 1.807) is 4.90 Å². The molecule has 1 N–H and O–H groups in total. The number of halogens is 5. The van der Waals surface area contributed by atoms with Crippen LogP contribution in [-0.2, 0) is 19.1 Å². The molecule has 2 aliphatic carbocycles. The number of carbonyl (C=O) groups is 2. The van der Waals surface area contributed by atoms with Crippen LogP contribution in [0.5, 0.6) is 5.75 Å². The summed E-state index contributed by atoms with van der Waals surface area (Å²) in [6.07, 6.45) is -4.25. The maximum atomic E-state index is 13.4. The lowest BCUT2D eigenvalue weighted by Crippen LogP contribution is -2.68. The van der Waals surface area contributed by atoms with Crippen molar-refractivity contribution in [2.45, 2.75) is 50.3 Å². The largest absolute Gasteiger partial charge is 0.522 e. The molecule has 1 aromatic carbocycles. The van der Waals surface area contributed by atoms with Crippen LogP contribution in [-0.4, -0.2) is 67.6 Å². The summed E-state index contributed by atoms with van der Waals surface area (Å²) in [7, 11) is 0. The highest BCUT2D eigenvalue weighted by atomic mass is 35.5. The molecule has 1 aromatic rings. The molecule has 0 atom stereocenters. The zero-order chi connectivity index (χ0) is 23.8. The molecule has 3 fully saturated rings. The van der Waals surface area contributed by atoms with Gasteiger partial charge in [0.05, 0.1) is 17.2 Å². The van der Waals surface area contributed by atoms with Gasteiger partial charge in [0.1, 0.15) is 18.2 Å². The van der Waals surface area contributed by atoms with Gasteiger partial charge >= 0.3 is 6.36 Å². The number of nitrogens with one attached hydrogen (secondary N) is 1. The second kappa shape index (κ2) is 9.27. The van der Waals surface area contributed by atoms with Crippen molar-refractivity contribution in [1.29, 1.82) is 0 Å². The first-order valence-corrected chi connectivity index (χ1v) is 10.9. The number of amides is 2. The number of rotatable bonds is 8. The van der Waals surface area contributed by atoms with Gasteiger partial charge in [-0.1, -0.05) is 11.6 Å². The number of ether oxygens (including phenoxy) is 3. The Bertz CT molecular complexity index is 895. The van der Waals surface area contributed by atoms with Crippen LogP contribution in [0.2, 0.25) is 5.02 Å². The molecule has 0 radical (unpaired) electrons. The molecule has 182 valence electrons. The van der Waals surface area contributed by atoms with Gasteiger partial charge in [-0.3, -0.25) is 14.3 Å². The summed E-state index contributed by atoms with van der Waals surface area (Å²) in [5, 5.41) is 2.82. The number of carbonyl (C=O) groups excluding carboxylic acids is 2. The minimum atomic E-state index is -4.65. The predicted molar refractivity (Wildman–Crippen MR) is 107 cm³/mol. The number of likely N-dealkylation sites (tertiary alicyclic amines) is 1. The van der Waals surface area contributed by atoms with E-state index in [0.29, 0.717) is 13.1 Å². The lowest BCUT2D eigenvalue weighted by molar-refractivity contribution is -0.357. The third-order valence-corrected chi connectivity index (χ3v) is 6.49. The van der Waals surface area contributed by atoms with E-state index < -0.39 is 24.4 Å². The number of alkyl halides is 3. The Morgan fingerprint density at radius 2 is 1.85 bits per heavy atom. The maximum Gasteiger partial charge on any atom is 0.522 e. The van der Waals surface area contributed by atoms with Crippen molar-refractivity contribution in [2.75, 3.05) is 26.3 Å². The Morgan fingerprint density at radius 3 is 2.48 bits per heavy atom. The first-order valence-electron chi connectivity index (χ1n) is 10.5. The Balaban J connectivity index is 1.07. The molecule has 1 heterocycles. The van der Waals surface area contributed by atoms with Crippen molar-refractivity contribution >= 4 is 23.4 Å². The van der Waals surface area contributed by atoms with Crippen LogP contribution in [0.15, 0.2) is 18.2 Å². The number of hydrogen-bond acceptors (Lipinski definition) is 5. The van der Waals surface area contributed by atoms with E-state index in [2.05, 4.69) is 10.1 Å². The van der Waals surface area contributed by atoms with E-state index in [4.69, 9.17) is 21.1 Å². The van der Waals surface area contributed by atoms with Gasteiger partial charge in [0, 0.05) is 43.5 Å². The van der Waals surface area contributed by atoms with Crippen LogP contribution in [0, 0.1) is 11.2 Å². The Hall–Kier alpha value is -2.11. The van der Waals surface area contributed by atoms with Gasteiger partial charge in [-0.2, -0.15) is 0 Å². The first-order chi connectivity index (χ1) is 15.5. The summed E-state index contributed by atoms with van der Waals surface area (Å²) in [5.74, 6) is -0.939. The molecule has 7 nitrogen and oxygen atoms in total. The van der Waals surface area contributed by atoms with Crippen molar-refractivity contribution in [3.05, 3.63) is 29.0 Å². The van der Waals surface area contributed by atoms with Crippen LogP contribution < -0.4 is 10.1 Å². The lowest BCUT2D eigenvalue weighted by atomic mass is 9.60. The monoisotopic (exact) mass is 494 g/mol. The molecule has 3 aliphatic rings. The highest BCUT2D eigenvalue weighted by molar-refractivity contribution is 6.30. The summed E-state index contributed by atoms with van der Waals surface area (Å²) in [6.45, 7) is 0.712. The van der Waals surface area contributed by atoms with Crippen molar-refractivity contribution in [3.8, 4) is 5.75 Å². The summed E-state index contributed by atoms with van der Waals surface area (Å²) in [6, 6.07) is 3.91. The average Bonchev–Trinajstić information content (AvgIpc) is 2.64. The number of benzene rings is 1. The molecule has 12 heteroatoms. The Morgan fingerprint density at radius 1 is 1.15 bits per heavy atom. The molecule has 1 saturated heterocycles. The summed E-state index contributed by atoms with van der Waals surface area (Å²) >= 11 is 5.60. The standard InChI is InChI=1S/C21H23ClF4N2O5/c22-16-2-1-13(5-17(16)23)31-8-18(29)27-12-6-20(7-12)10-28(11-20)19(30)9-32-14-3-15(4-14)33-21(24,25)26/h1-2,5,12,14-15H,3-4,6-11H2,(H,27,29)/t14-,15-. The van der Waals surface area contributed by atoms with Crippen molar-refractivity contribution in [1.82, 2.24) is 10.2 Å². The fraction of sp³-hybridized carbons (Fsp3) is 0.619. The van der Waals surface area contributed by atoms with Gasteiger partial charge in [-0.05, 0) is 25.0 Å². The third-order valence-electron chi connectivity index (χ3n) is 6.18. The van der Waals surface area contributed by atoms with E-state index in [9.17, 15) is 27.2 Å². The van der Waals surface area contributed by atoms with Crippen molar-refractivity contribution in [2.24, 2.45) is 5.41 Å². The van der Waals surface area contributed by atoms with Crippen LogP contribution in [0.4, 0.5) is 17.6 Å². The third kappa shape index (κ3) is 6.07. The smallest absolute Gasteiger partial charge is 0.484 e. The van der Waals surface area contributed by atoms with Gasteiger partial charge < -0.3 is 19.7 Å². The second-order valence-corrected chi connectivity index (χ2v) is 9.28. The highest BCUT2D eigenvalue weighted by Gasteiger charge is 2.54. The maximum absolute atomic E-state index is 13.4. The summed E-state index contributed by atoms with van der Waals surface area (Å²) < 4.78 is 64.2. The SMILES string of the molecule is O=C(COc1ccc(Cl)c(F)c1)NC1CC2(C1)CN(C(=O)CO[C@H]1C[C@H](OC(F)(F)F)C1)C2. The molecular weight excluding hydrogens is 472 g/mol. The van der Waals surface area contributed by atoms with Crippen LogP contribution in [0.25, 0.3) is 0 Å². The molecule has 1 spiro atoms. The van der Waals surface area contributed by atoms with Gasteiger partial charge in [0.15, 0.2) is 6.61 Å². The topological polar surface area (TPSA) is 77.1 Å². The average molecular weight is 495 g/mol. The van der Waals surface area contributed by atoms with E-state index in [-0.39, 0.29) is 60.1 Å². The zero-order valence-electron chi connectivity index (χ0n) is 17.5. The van der Waals surface area contributed by atoms with Crippen molar-refractivity contribution < 1.29 is 41.4 Å². The van der Waals surface area contributed by atoms with Crippen molar-refractivity contribution in [3.63, 3.8) is 0 Å². The van der Waals surface area contributed by atoms with Gasteiger partial charge in [0.2, 0.25) is 5.91 Å². The summed E-state index contributed by atoms with van der Waals surface area (Å²) in [5.41, 5.74) is -0.0180. The minimum absolute atomic E-state index is 0.0166. The number of hydrogen-bond donors (Lipinski definition) is 1. The van der Waals surface area contributed by atoms with E-state index in [1.807, 2.05) is 0 Å². The molecule has 0 bridgehead atoms. The van der Waals surface area contributed by atoms with Gasteiger partial charge in [0.25, 0.3) is 5.91 Å². The van der Waals surface area contributed by atoms with Crippen LogP contribution in [0.3, 0.4) is 0 Å². The van der Waals surface area contributed by atoms with E-state index in [1.165, 1.54) is 12.1 Å².